The smallest absolute Gasteiger partial charge is 0.409 e. The number of methoxy groups -OCH3 is 1. The van der Waals surface area contributed by atoms with Crippen molar-refractivity contribution in [1.29, 1.82) is 0 Å². The molecule has 28 nitrogen and oxygen atoms in total. The number of hydrogen-bond acceptors (Lipinski definition) is 26. The first-order valence-electron chi connectivity index (χ1n) is 38.0. The maximum absolute atomic E-state index is 15.7. The Morgan fingerprint density at radius 2 is 1.08 bits per heavy atom. The Morgan fingerprint density at radius 3 is 1.57 bits per heavy atom. The van der Waals surface area contributed by atoms with Crippen molar-refractivity contribution in [2.45, 2.75) is 195 Å². The van der Waals surface area contributed by atoms with E-state index in [4.69, 9.17) is 75.8 Å². The second kappa shape index (κ2) is 39.5. The minimum Gasteiger partial charge on any atom is -0.465 e. The highest BCUT2D eigenvalue weighted by atomic mass is 28.3. The van der Waals surface area contributed by atoms with Gasteiger partial charge in [0.15, 0.2) is 24.1 Å². The lowest BCUT2D eigenvalue weighted by Gasteiger charge is -2.56. The van der Waals surface area contributed by atoms with Crippen LogP contribution in [0.25, 0.3) is 0 Å². The van der Waals surface area contributed by atoms with Gasteiger partial charge < -0.3 is 96.6 Å². The Labute approximate surface area is 667 Å². The largest absolute Gasteiger partial charge is 0.465 e. The number of rotatable bonds is 36. The summed E-state index contributed by atoms with van der Waals surface area (Å²) in [5, 5.41) is 30.3. The molecule has 5 fully saturated rings. The van der Waals surface area contributed by atoms with Crippen LogP contribution in [0.5, 0.6) is 0 Å². The van der Waals surface area contributed by atoms with E-state index in [0.29, 0.717) is 22.7 Å². The number of fused-ring (bicyclic) bond motifs is 3. The number of hydrogen-bond donors (Lipinski definition) is 4. The lowest BCUT2D eigenvalue weighted by molar-refractivity contribution is -0.374. The van der Waals surface area contributed by atoms with Crippen LogP contribution in [0, 0.1) is 0 Å². The molecule has 4 N–H and O–H groups in total. The monoisotopic (exact) mass is 1600 g/mol. The van der Waals surface area contributed by atoms with Crippen LogP contribution in [0.2, 0.25) is 25.7 Å². The Morgan fingerprint density at radius 1 is 0.574 bits per heavy atom. The molecule has 7 aromatic rings. The highest BCUT2D eigenvalue weighted by Crippen LogP contribution is 2.47. The van der Waals surface area contributed by atoms with Gasteiger partial charge in [0.05, 0.1) is 63.7 Å². The fraction of sp³-hybridized carbons (Fsp3) is 0.419. The second-order valence-electron chi connectivity index (χ2n) is 29.6. The molecule has 2 bridgehead atoms. The Balaban J connectivity index is 1.02. The van der Waals surface area contributed by atoms with E-state index in [2.05, 4.69) is 30.3 Å². The number of nitrogens with one attached hydrogen (secondary N) is 2. The summed E-state index contributed by atoms with van der Waals surface area (Å²) in [6, 6.07) is 59.3. The van der Waals surface area contributed by atoms with Crippen LogP contribution < -0.4 is 10.6 Å². The lowest BCUT2D eigenvalue weighted by Crippen LogP contribution is -2.78. The van der Waals surface area contributed by atoms with Gasteiger partial charge in [-0.3, -0.25) is 24.0 Å². The normalized spacial score (nSPS) is 24.9. The summed E-state index contributed by atoms with van der Waals surface area (Å²) in [4.78, 5) is 114. The van der Waals surface area contributed by atoms with Gasteiger partial charge >= 0.3 is 41.9 Å². The zero-order valence-corrected chi connectivity index (χ0v) is 66.1. The summed E-state index contributed by atoms with van der Waals surface area (Å²) in [5.41, 5.74) is 2.05. The molecule has 115 heavy (non-hydrogen) atoms. The molecule has 2 amide bonds. The van der Waals surface area contributed by atoms with Gasteiger partial charge in [0, 0.05) is 65.5 Å². The second-order valence-corrected chi connectivity index (χ2v) is 35.2. The van der Waals surface area contributed by atoms with Crippen molar-refractivity contribution in [1.82, 2.24) is 10.6 Å². The predicted octanol–water partition coefficient (Wildman–Crippen LogP) is 8.89. The van der Waals surface area contributed by atoms with Crippen LogP contribution in [0.15, 0.2) is 212 Å². The number of alkyl carbamates (subject to hydrolysis) is 1. The minimum atomic E-state index is -3.04. The third-order valence-electron chi connectivity index (χ3n) is 19.9. The van der Waals surface area contributed by atoms with E-state index in [0.717, 1.165) is 51.5 Å². The maximum Gasteiger partial charge on any atom is 0.409 e. The van der Waals surface area contributed by atoms with Crippen LogP contribution >= 0.6 is 0 Å². The van der Waals surface area contributed by atoms with Crippen LogP contribution in [-0.2, 0) is 130 Å². The van der Waals surface area contributed by atoms with Crippen molar-refractivity contribution < 1.29 is 124 Å². The van der Waals surface area contributed by atoms with Gasteiger partial charge in [-0.25, -0.2) is 14.4 Å². The number of ether oxygens (including phenoxy) is 16. The molecule has 29 heteroatoms. The third-order valence-corrected chi connectivity index (χ3v) is 21.6. The summed E-state index contributed by atoms with van der Waals surface area (Å²) in [7, 11) is -0.853. The van der Waals surface area contributed by atoms with Crippen LogP contribution in [-0.4, -0.2) is 203 Å². The van der Waals surface area contributed by atoms with Crippen LogP contribution in [0.4, 0.5) is 4.79 Å². The molecule has 0 unspecified atom stereocenters. The molecule has 12 rings (SSSR count). The number of amides is 2. The molecule has 5 aliphatic rings. The fourth-order valence-corrected chi connectivity index (χ4v) is 15.2. The van der Waals surface area contributed by atoms with E-state index < -0.39 is 197 Å². The quantitative estimate of drug-likeness (QED) is 0.0123. The number of carbonyl (C=O) groups excluding carboxylic acids is 8. The van der Waals surface area contributed by atoms with E-state index in [-0.39, 0.29) is 32.0 Å². The van der Waals surface area contributed by atoms with E-state index in [9.17, 15) is 34.2 Å². The van der Waals surface area contributed by atoms with E-state index in [1.165, 1.54) is 12.1 Å². The number of esters is 6. The summed E-state index contributed by atoms with van der Waals surface area (Å²) in [5.74, 6) is -13.1. The predicted molar refractivity (Wildman–Crippen MR) is 412 cm³/mol. The number of carbonyl (C=O) groups is 8. The van der Waals surface area contributed by atoms with Gasteiger partial charge in [0.2, 0.25) is 0 Å². The Bertz CT molecular complexity index is 4250. The zero-order valence-electron chi connectivity index (χ0n) is 65.1. The molecule has 17 atom stereocenters. The number of benzene rings is 7. The maximum atomic E-state index is 15.7. The molecular weight excluding hydrogens is 1510 g/mol. The standard InChI is InChI=1S/C86H98N2O26Si/c1-54(89)101-52-68(108-56(3)91)74(109-57(4)92)76-70(88-83(98)114-86(62-38-24-13-25-39-62,63-40-26-14-27-41-63)64-42-28-15-29-43-64)66(107-55(2)90)46-85(113-76,82(97)99-5)111-67-47-84(81(96)87-71(67)75(112-84)72(94)65(93)51-105-79(95)61-36-22-12-23-37-61)106-53-69-73(102-48-58-30-16-9-17-31-58)77(103-49-59-32-18-10-19-33-59)78(104-50-60-34-20-11-21-35-60)80(110-69)100-44-45-115(6,7)8/h9-43,65-78,80,93-94H,44-53H2,1-8H3,(H,87,96)(H,88,98)/t65-,66+,67+,68-,69-,70-,71+,72-,73-,74-,75-,76-,77+,78-,80-,84-,85-/m1/s1. The Hall–Kier alpha value is -10.1. The molecule has 612 valence electrons. The van der Waals surface area contributed by atoms with Gasteiger partial charge in [0.1, 0.15) is 68.1 Å². The highest BCUT2D eigenvalue weighted by molar-refractivity contribution is 6.76. The average molecular weight is 1600 g/mol. The van der Waals surface area contributed by atoms with Crippen molar-refractivity contribution in [2.24, 2.45) is 0 Å². The van der Waals surface area contributed by atoms with Crippen LogP contribution in [0.3, 0.4) is 0 Å². The molecule has 5 heterocycles. The molecule has 5 saturated heterocycles. The van der Waals surface area contributed by atoms with Crippen molar-refractivity contribution in [3.8, 4) is 0 Å². The number of aliphatic hydroxyl groups is 2. The first kappa shape index (κ1) is 85.8. The Kier molecular flexibility index (Phi) is 29.4. The first-order valence-corrected chi connectivity index (χ1v) is 41.7. The molecule has 0 aliphatic carbocycles. The van der Waals surface area contributed by atoms with Crippen molar-refractivity contribution in [2.75, 3.05) is 33.5 Å². The fourth-order valence-electron chi connectivity index (χ4n) is 14.5. The van der Waals surface area contributed by atoms with Gasteiger partial charge in [0.25, 0.3) is 17.5 Å². The molecule has 7 aromatic carbocycles. The summed E-state index contributed by atoms with van der Waals surface area (Å²) in [6.07, 6.45) is -24.6. The number of piperidine rings is 1. The highest BCUT2D eigenvalue weighted by Gasteiger charge is 2.67. The van der Waals surface area contributed by atoms with E-state index >= 15 is 14.4 Å². The molecule has 0 spiro atoms. The van der Waals surface area contributed by atoms with Crippen molar-refractivity contribution in [3.63, 3.8) is 0 Å². The van der Waals surface area contributed by atoms with Crippen LogP contribution in [0.1, 0.15) is 84.3 Å². The SMILES string of the molecule is COC(=O)[C@@]1(O[C@H]2C[C@@]3(OC[C@H]4O[C@@H](OCC[Si](C)(C)C)[C@H](OCc5ccccc5)[C@@H](OCc5ccccc5)[C@@H]4OCc4ccccc4)O[C@@H]([C@H](O)[C@H](O)COC(=O)c4ccccc4)[C@H]2NC3=O)C[C@H](OC(C)=O)[C@@H](NC(=O)OC(c2ccccc2)(c2ccccc2)c2ccccc2)[C@H]([C@H](OC(C)=O)[C@@H](COC(C)=O)OC(C)=O)O1. The van der Waals surface area contributed by atoms with Crippen molar-refractivity contribution >= 4 is 55.9 Å². The molecular formula is C86H98N2O26Si. The van der Waals surface area contributed by atoms with Gasteiger partial charge in [-0.1, -0.05) is 220 Å². The summed E-state index contributed by atoms with van der Waals surface area (Å²) < 4.78 is 104. The van der Waals surface area contributed by atoms with Crippen molar-refractivity contribution in [3.05, 3.63) is 251 Å². The lowest BCUT2D eigenvalue weighted by atomic mass is 9.80. The topological polar surface area (TPSA) is 349 Å². The average Bonchev–Trinajstić information content (AvgIpc) is 0.722. The van der Waals surface area contributed by atoms with Gasteiger partial charge in [-0.15, -0.1) is 0 Å². The molecule has 0 aromatic heterocycles. The first-order chi connectivity index (χ1) is 55.3. The molecule has 0 radical (unpaired) electrons. The van der Waals surface area contributed by atoms with Gasteiger partial charge in [-0.05, 0) is 34.9 Å². The summed E-state index contributed by atoms with van der Waals surface area (Å²) >= 11 is 0. The van der Waals surface area contributed by atoms with Gasteiger partial charge in [-0.2, -0.15) is 0 Å². The zero-order chi connectivity index (χ0) is 81.9. The van der Waals surface area contributed by atoms with E-state index in [1.54, 1.807) is 109 Å². The minimum absolute atomic E-state index is 0.0219. The van der Waals surface area contributed by atoms with E-state index in [1.807, 2.05) is 91.0 Å². The molecule has 0 saturated carbocycles. The third kappa shape index (κ3) is 21.9. The molecule has 5 aliphatic heterocycles. The summed E-state index contributed by atoms with van der Waals surface area (Å²) in [6.45, 7) is 8.55. The number of aliphatic hydroxyl groups excluding tert-OH is 2. The number of morpholine rings is 1.